The summed E-state index contributed by atoms with van der Waals surface area (Å²) in [6.07, 6.45) is 4.23. The van der Waals surface area contributed by atoms with Gasteiger partial charge in [0, 0.05) is 18.9 Å². The van der Waals surface area contributed by atoms with Crippen LogP contribution in [0, 0.1) is 0 Å². The summed E-state index contributed by atoms with van der Waals surface area (Å²) in [4.78, 5) is 0.0919. The van der Waals surface area contributed by atoms with Gasteiger partial charge in [-0.05, 0) is 19.2 Å². The van der Waals surface area contributed by atoms with Crippen molar-refractivity contribution in [2.75, 3.05) is 18.3 Å². The Bertz CT molecular complexity index is 624. The first kappa shape index (κ1) is 13.4. The maximum Gasteiger partial charge on any atom is 0.266 e. The Morgan fingerprint density at radius 3 is 2.95 bits per heavy atom. The molecule has 0 aliphatic heterocycles. The first-order valence-corrected chi connectivity index (χ1v) is 7.08. The van der Waals surface area contributed by atoms with E-state index in [-0.39, 0.29) is 10.7 Å². The molecular formula is C10H14N6O2S. The highest BCUT2D eigenvalue weighted by Gasteiger charge is 2.17. The van der Waals surface area contributed by atoms with Gasteiger partial charge in [0.15, 0.2) is 5.82 Å². The molecule has 0 radical (unpaired) electrons. The fourth-order valence-electron chi connectivity index (χ4n) is 1.38. The van der Waals surface area contributed by atoms with Gasteiger partial charge in [0.1, 0.15) is 4.90 Å². The van der Waals surface area contributed by atoms with E-state index in [0.717, 1.165) is 0 Å². The van der Waals surface area contributed by atoms with Gasteiger partial charge < -0.3 is 5.32 Å². The van der Waals surface area contributed by atoms with Gasteiger partial charge in [-0.2, -0.15) is 10.2 Å². The zero-order valence-electron chi connectivity index (χ0n) is 10.3. The molecule has 0 atom stereocenters. The molecule has 9 heteroatoms. The number of rotatable bonds is 6. The van der Waals surface area contributed by atoms with Gasteiger partial charge in [0.05, 0.1) is 12.7 Å². The summed E-state index contributed by atoms with van der Waals surface area (Å²) in [7, 11) is -1.86. The van der Waals surface area contributed by atoms with E-state index >= 15 is 0 Å². The first-order chi connectivity index (χ1) is 9.12. The van der Waals surface area contributed by atoms with E-state index in [9.17, 15) is 8.42 Å². The fraction of sp³-hybridized carbons (Fsp3) is 0.300. The SMILES string of the molecule is CNCCn1cc(S(=O)(=O)Nc2cccnn2)cn1. The van der Waals surface area contributed by atoms with Crippen molar-refractivity contribution >= 4 is 15.8 Å². The third kappa shape index (κ3) is 3.48. The predicted octanol–water partition coefficient (Wildman–Crippen LogP) is -0.307. The van der Waals surface area contributed by atoms with Crippen molar-refractivity contribution in [1.29, 1.82) is 0 Å². The second-order valence-corrected chi connectivity index (χ2v) is 5.44. The van der Waals surface area contributed by atoms with E-state index in [1.54, 1.807) is 10.7 Å². The fourth-order valence-corrected chi connectivity index (χ4v) is 2.33. The Labute approximate surface area is 110 Å². The Kier molecular flexibility index (Phi) is 4.07. The Balaban J connectivity index is 2.13. The van der Waals surface area contributed by atoms with Crippen LogP contribution < -0.4 is 10.0 Å². The van der Waals surface area contributed by atoms with Crippen molar-refractivity contribution in [2.45, 2.75) is 11.4 Å². The van der Waals surface area contributed by atoms with E-state index in [1.165, 1.54) is 24.7 Å². The number of sulfonamides is 1. The molecule has 0 unspecified atom stereocenters. The van der Waals surface area contributed by atoms with Gasteiger partial charge >= 0.3 is 0 Å². The van der Waals surface area contributed by atoms with Crippen LogP contribution in [0.3, 0.4) is 0 Å². The molecule has 2 aromatic heterocycles. The van der Waals surface area contributed by atoms with Crippen LogP contribution in [-0.4, -0.2) is 42.0 Å². The number of likely N-dealkylation sites (N-methyl/N-ethyl adjacent to an activating group) is 1. The van der Waals surface area contributed by atoms with E-state index in [1.807, 2.05) is 7.05 Å². The number of nitrogens with zero attached hydrogens (tertiary/aromatic N) is 4. The number of hydrogen-bond donors (Lipinski definition) is 2. The molecule has 8 nitrogen and oxygen atoms in total. The average Bonchev–Trinajstić information content (AvgIpc) is 2.86. The highest BCUT2D eigenvalue weighted by molar-refractivity contribution is 7.92. The Morgan fingerprint density at radius 1 is 1.42 bits per heavy atom. The van der Waals surface area contributed by atoms with E-state index < -0.39 is 10.0 Å². The second kappa shape index (κ2) is 5.76. The summed E-state index contributed by atoms with van der Waals surface area (Å²) in [6.45, 7) is 1.30. The molecule has 0 aliphatic carbocycles. The van der Waals surface area contributed by atoms with Crippen molar-refractivity contribution < 1.29 is 8.42 Å². The van der Waals surface area contributed by atoms with Crippen molar-refractivity contribution in [2.24, 2.45) is 0 Å². The molecule has 0 aliphatic rings. The average molecular weight is 282 g/mol. The van der Waals surface area contributed by atoms with Gasteiger partial charge in [0.2, 0.25) is 0 Å². The van der Waals surface area contributed by atoms with Crippen LogP contribution in [0.4, 0.5) is 5.82 Å². The minimum Gasteiger partial charge on any atom is -0.318 e. The molecule has 0 bridgehead atoms. The van der Waals surface area contributed by atoms with Crippen molar-refractivity contribution in [3.8, 4) is 0 Å². The van der Waals surface area contributed by atoms with Gasteiger partial charge in [-0.15, -0.1) is 5.10 Å². The highest BCUT2D eigenvalue weighted by Crippen LogP contribution is 2.12. The molecule has 2 N–H and O–H groups in total. The van der Waals surface area contributed by atoms with Crippen LogP contribution in [0.25, 0.3) is 0 Å². The van der Waals surface area contributed by atoms with Gasteiger partial charge in [-0.1, -0.05) is 0 Å². The predicted molar refractivity (Wildman–Crippen MR) is 69.0 cm³/mol. The normalized spacial score (nSPS) is 11.4. The number of aromatic nitrogens is 4. The van der Waals surface area contributed by atoms with E-state index in [0.29, 0.717) is 13.1 Å². The lowest BCUT2D eigenvalue weighted by Crippen LogP contribution is -2.15. The van der Waals surface area contributed by atoms with Crippen LogP contribution in [0.15, 0.2) is 35.6 Å². The number of nitrogens with one attached hydrogen (secondary N) is 2. The number of hydrogen-bond acceptors (Lipinski definition) is 6. The molecule has 0 spiro atoms. The monoisotopic (exact) mass is 282 g/mol. The molecule has 2 aromatic rings. The number of anilines is 1. The van der Waals surface area contributed by atoms with Crippen molar-refractivity contribution in [3.63, 3.8) is 0 Å². The topological polar surface area (TPSA) is 102 Å². The summed E-state index contributed by atoms with van der Waals surface area (Å²) in [5, 5.41) is 14.2. The zero-order chi connectivity index (χ0) is 13.7. The summed E-state index contributed by atoms with van der Waals surface area (Å²) < 4.78 is 28.0. The standard InChI is InChI=1S/C10H14N6O2S/c1-11-5-6-16-8-9(7-13-16)19(17,18)15-10-3-2-4-12-14-10/h2-4,7-8,11H,5-6H2,1H3,(H,14,15). The molecule has 2 heterocycles. The highest BCUT2D eigenvalue weighted by atomic mass is 32.2. The third-order valence-corrected chi connectivity index (χ3v) is 3.63. The van der Waals surface area contributed by atoms with Crippen molar-refractivity contribution in [1.82, 2.24) is 25.3 Å². The molecule has 0 amide bonds. The second-order valence-electron chi connectivity index (χ2n) is 3.76. The Hall–Kier alpha value is -2.00. The molecule has 102 valence electrons. The summed E-state index contributed by atoms with van der Waals surface area (Å²) >= 11 is 0. The summed E-state index contributed by atoms with van der Waals surface area (Å²) in [6, 6.07) is 3.12. The molecule has 19 heavy (non-hydrogen) atoms. The molecule has 0 aromatic carbocycles. The lowest BCUT2D eigenvalue weighted by molar-refractivity contribution is 0.582. The molecule has 0 fully saturated rings. The van der Waals surface area contributed by atoms with Gasteiger partial charge in [-0.25, -0.2) is 8.42 Å². The van der Waals surface area contributed by atoms with E-state index in [2.05, 4.69) is 25.3 Å². The third-order valence-electron chi connectivity index (χ3n) is 2.32. The first-order valence-electron chi connectivity index (χ1n) is 5.59. The maximum absolute atomic E-state index is 12.0. The summed E-state index contributed by atoms with van der Waals surface area (Å²) in [5.41, 5.74) is 0. The molecular weight excluding hydrogens is 268 g/mol. The van der Waals surface area contributed by atoms with Crippen LogP contribution in [0.2, 0.25) is 0 Å². The lowest BCUT2D eigenvalue weighted by atomic mass is 10.6. The largest absolute Gasteiger partial charge is 0.318 e. The van der Waals surface area contributed by atoms with Crippen LogP contribution >= 0.6 is 0 Å². The van der Waals surface area contributed by atoms with Gasteiger partial charge in [-0.3, -0.25) is 9.40 Å². The molecule has 0 saturated carbocycles. The smallest absolute Gasteiger partial charge is 0.266 e. The minimum atomic E-state index is -3.67. The maximum atomic E-state index is 12.0. The van der Waals surface area contributed by atoms with Gasteiger partial charge in [0.25, 0.3) is 10.0 Å². The lowest BCUT2D eigenvalue weighted by Gasteiger charge is -2.03. The van der Waals surface area contributed by atoms with Crippen LogP contribution in [0.1, 0.15) is 0 Å². The zero-order valence-corrected chi connectivity index (χ0v) is 11.1. The molecule has 0 saturated heterocycles. The van der Waals surface area contributed by atoms with Crippen molar-refractivity contribution in [3.05, 3.63) is 30.7 Å². The van der Waals surface area contributed by atoms with E-state index in [4.69, 9.17) is 0 Å². The Morgan fingerprint density at radius 2 is 2.26 bits per heavy atom. The van der Waals surface area contributed by atoms with Crippen LogP contribution in [-0.2, 0) is 16.6 Å². The summed E-state index contributed by atoms with van der Waals surface area (Å²) in [5.74, 6) is 0.172. The quantitative estimate of drug-likeness (QED) is 0.754. The molecule has 2 rings (SSSR count). The van der Waals surface area contributed by atoms with Crippen LogP contribution in [0.5, 0.6) is 0 Å². The minimum absolute atomic E-state index is 0.0919.